The Balaban J connectivity index is 0.995. The lowest BCUT2D eigenvalue weighted by atomic mass is 9.90. The highest BCUT2D eigenvalue weighted by atomic mass is 16.3. The fraction of sp³-hybridized carbons (Fsp3) is 0. The van der Waals surface area contributed by atoms with Gasteiger partial charge in [0.15, 0.2) is 0 Å². The minimum atomic E-state index is 0.885. The molecule has 0 unspecified atom stereocenters. The van der Waals surface area contributed by atoms with Crippen LogP contribution in [0, 0.1) is 0 Å². The summed E-state index contributed by atoms with van der Waals surface area (Å²) >= 11 is 0. The third-order valence-electron chi connectivity index (χ3n) is 14.0. The minimum Gasteiger partial charge on any atom is -0.455 e. The summed E-state index contributed by atoms with van der Waals surface area (Å²) in [5.74, 6) is 0. The number of nitrogens with zero attached hydrogens (tertiary/aromatic N) is 3. The van der Waals surface area contributed by atoms with Crippen molar-refractivity contribution >= 4 is 93.3 Å². The second-order valence-electron chi connectivity index (χ2n) is 17.9. The molecule has 0 saturated carbocycles. The molecule has 0 N–H and O–H groups in total. The molecule has 0 aliphatic carbocycles. The fourth-order valence-corrected chi connectivity index (χ4v) is 10.8. The molecule has 0 atom stereocenters. The van der Waals surface area contributed by atoms with Gasteiger partial charge in [0.05, 0.1) is 27.9 Å². The van der Waals surface area contributed by atoms with Crippen molar-refractivity contribution in [2.24, 2.45) is 0 Å². The molecule has 11 aromatic carbocycles. The molecule has 14 aromatic rings. The Labute approximate surface area is 398 Å². The van der Waals surface area contributed by atoms with Gasteiger partial charge in [0.2, 0.25) is 0 Å². The molecule has 4 heteroatoms. The summed E-state index contributed by atoms with van der Waals surface area (Å²) < 4.78 is 9.12. The highest BCUT2D eigenvalue weighted by Crippen LogP contribution is 2.46. The van der Waals surface area contributed by atoms with Crippen LogP contribution in [0.4, 0.5) is 17.1 Å². The summed E-state index contributed by atoms with van der Waals surface area (Å²) in [7, 11) is 0. The van der Waals surface area contributed by atoms with Crippen molar-refractivity contribution in [3.05, 3.63) is 249 Å². The standard InChI is InChI=1S/C65H41N3O/c1-2-17-48(18-3-1)67(49-32-30-42-15-4-5-16-43(42)40-49)62-35-33-50(52-19-6-7-20-53(52)62)46-37-45(38-47(39-46)51-23-12-24-56-55-22-9-11-29-64(55)69-65(51)56)44-31-34-63-58(41-44)54-21-8-10-27-60(54)68(63)61-28-13-26-59-57(61)25-14-36-66-59/h1-41H. The number of fused-ring (bicyclic) bond motifs is 9. The van der Waals surface area contributed by atoms with E-state index in [1.54, 1.807) is 0 Å². The molecule has 0 saturated heterocycles. The largest absolute Gasteiger partial charge is 0.455 e. The van der Waals surface area contributed by atoms with Crippen molar-refractivity contribution in [2.75, 3.05) is 4.90 Å². The van der Waals surface area contributed by atoms with Crippen molar-refractivity contribution in [3.8, 4) is 39.1 Å². The van der Waals surface area contributed by atoms with Crippen LogP contribution < -0.4 is 4.90 Å². The SMILES string of the molecule is c1ccc(N(c2ccc3ccccc3c2)c2ccc(-c3cc(-c4ccc5c(c4)c4ccccc4n5-c4cccc5ncccc45)cc(-c4cccc5c4oc4ccccc45)c3)c3ccccc23)cc1. The Bertz CT molecular complexity index is 4330. The van der Waals surface area contributed by atoms with E-state index in [1.165, 1.54) is 26.9 Å². The predicted molar refractivity (Wildman–Crippen MR) is 289 cm³/mol. The summed E-state index contributed by atoms with van der Waals surface area (Å²) in [6, 6.07) is 87.7. The Hall–Kier alpha value is -9.25. The molecule has 0 aliphatic heterocycles. The van der Waals surface area contributed by atoms with Crippen LogP contribution >= 0.6 is 0 Å². The third-order valence-corrected chi connectivity index (χ3v) is 14.0. The number of rotatable bonds is 7. The zero-order valence-electron chi connectivity index (χ0n) is 37.4. The average molecular weight is 880 g/mol. The van der Waals surface area contributed by atoms with Gasteiger partial charge in [0.25, 0.3) is 0 Å². The summed E-state index contributed by atoms with van der Waals surface area (Å²) in [5, 5.41) is 10.5. The molecular weight excluding hydrogens is 839 g/mol. The Kier molecular flexibility index (Phi) is 8.86. The number of para-hydroxylation sites is 4. The van der Waals surface area contributed by atoms with Crippen LogP contribution in [0.1, 0.15) is 0 Å². The maximum absolute atomic E-state index is 6.72. The van der Waals surface area contributed by atoms with E-state index in [2.05, 4.69) is 240 Å². The lowest BCUT2D eigenvalue weighted by molar-refractivity contribution is 0.670. The first-order valence-corrected chi connectivity index (χ1v) is 23.5. The van der Waals surface area contributed by atoms with Crippen LogP contribution in [0.5, 0.6) is 0 Å². The highest BCUT2D eigenvalue weighted by Gasteiger charge is 2.21. The molecule has 0 radical (unpaired) electrons. The lowest BCUT2D eigenvalue weighted by Gasteiger charge is -2.28. The van der Waals surface area contributed by atoms with Gasteiger partial charge in [0.1, 0.15) is 11.2 Å². The van der Waals surface area contributed by atoms with Gasteiger partial charge in [-0.05, 0) is 141 Å². The number of benzene rings is 11. The molecule has 0 aliphatic rings. The van der Waals surface area contributed by atoms with E-state index in [9.17, 15) is 0 Å². The lowest BCUT2D eigenvalue weighted by Crippen LogP contribution is -2.10. The number of pyridine rings is 1. The number of anilines is 3. The van der Waals surface area contributed by atoms with Gasteiger partial charge in [-0.2, -0.15) is 0 Å². The quantitative estimate of drug-likeness (QED) is 0.160. The van der Waals surface area contributed by atoms with Gasteiger partial charge in [0, 0.05) is 55.5 Å². The van der Waals surface area contributed by atoms with Crippen LogP contribution in [0.15, 0.2) is 253 Å². The molecule has 0 bridgehead atoms. The van der Waals surface area contributed by atoms with Crippen molar-refractivity contribution in [3.63, 3.8) is 0 Å². The zero-order chi connectivity index (χ0) is 45.4. The van der Waals surface area contributed by atoms with Gasteiger partial charge in [-0.3, -0.25) is 4.98 Å². The van der Waals surface area contributed by atoms with Crippen molar-refractivity contribution in [2.45, 2.75) is 0 Å². The van der Waals surface area contributed by atoms with E-state index < -0.39 is 0 Å². The molecule has 322 valence electrons. The first-order chi connectivity index (χ1) is 34.2. The Morgan fingerprint density at radius 1 is 0.362 bits per heavy atom. The second-order valence-corrected chi connectivity index (χ2v) is 17.9. The van der Waals surface area contributed by atoms with Crippen molar-refractivity contribution in [1.82, 2.24) is 9.55 Å². The van der Waals surface area contributed by atoms with Crippen LogP contribution in [0.2, 0.25) is 0 Å². The Morgan fingerprint density at radius 3 is 1.96 bits per heavy atom. The smallest absolute Gasteiger partial charge is 0.143 e. The van der Waals surface area contributed by atoms with Gasteiger partial charge in [-0.15, -0.1) is 0 Å². The molecule has 0 amide bonds. The predicted octanol–water partition coefficient (Wildman–Crippen LogP) is 18.0. The number of hydrogen-bond acceptors (Lipinski definition) is 3. The molecular formula is C65H41N3O. The van der Waals surface area contributed by atoms with Crippen LogP contribution in [-0.4, -0.2) is 9.55 Å². The van der Waals surface area contributed by atoms with Crippen molar-refractivity contribution in [1.29, 1.82) is 0 Å². The molecule has 69 heavy (non-hydrogen) atoms. The average Bonchev–Trinajstić information content (AvgIpc) is 3.97. The topological polar surface area (TPSA) is 34.2 Å². The van der Waals surface area contributed by atoms with Gasteiger partial charge < -0.3 is 13.9 Å². The third kappa shape index (κ3) is 6.34. The second kappa shape index (κ2) is 15.7. The fourth-order valence-electron chi connectivity index (χ4n) is 10.8. The maximum atomic E-state index is 6.72. The van der Waals surface area contributed by atoms with E-state index in [4.69, 9.17) is 9.40 Å². The molecule has 4 nitrogen and oxygen atoms in total. The molecule has 14 rings (SSSR count). The van der Waals surface area contributed by atoms with Crippen molar-refractivity contribution < 1.29 is 4.42 Å². The highest BCUT2D eigenvalue weighted by molar-refractivity contribution is 6.13. The Morgan fingerprint density at radius 2 is 1.06 bits per heavy atom. The maximum Gasteiger partial charge on any atom is 0.143 e. The molecule has 3 heterocycles. The van der Waals surface area contributed by atoms with E-state index >= 15 is 0 Å². The molecule has 0 fully saturated rings. The summed E-state index contributed by atoms with van der Waals surface area (Å²) in [4.78, 5) is 7.10. The van der Waals surface area contributed by atoms with E-state index in [-0.39, 0.29) is 0 Å². The van der Waals surface area contributed by atoms with Gasteiger partial charge >= 0.3 is 0 Å². The molecule has 3 aromatic heterocycles. The van der Waals surface area contributed by atoms with E-state index in [0.717, 1.165) is 105 Å². The molecule has 0 spiro atoms. The van der Waals surface area contributed by atoms with Gasteiger partial charge in [-0.25, -0.2) is 0 Å². The summed E-state index contributed by atoms with van der Waals surface area (Å²) in [6.07, 6.45) is 1.87. The van der Waals surface area contributed by atoms with Crippen LogP contribution in [0.3, 0.4) is 0 Å². The summed E-state index contributed by atoms with van der Waals surface area (Å²) in [6.45, 7) is 0. The first kappa shape index (κ1) is 39.0. The number of furan rings is 1. The zero-order valence-corrected chi connectivity index (χ0v) is 37.4. The van der Waals surface area contributed by atoms with Crippen LogP contribution in [-0.2, 0) is 0 Å². The summed E-state index contributed by atoms with van der Waals surface area (Å²) in [5.41, 5.74) is 16.2. The van der Waals surface area contributed by atoms with E-state index in [0.29, 0.717) is 0 Å². The monoisotopic (exact) mass is 879 g/mol. The first-order valence-electron chi connectivity index (χ1n) is 23.5. The number of hydrogen-bond donors (Lipinski definition) is 0. The normalized spacial score (nSPS) is 11.8. The van der Waals surface area contributed by atoms with Crippen LogP contribution in [0.25, 0.3) is 115 Å². The number of aromatic nitrogens is 2. The van der Waals surface area contributed by atoms with E-state index in [1.807, 2.05) is 18.3 Å². The minimum absolute atomic E-state index is 0.885. The van der Waals surface area contributed by atoms with Gasteiger partial charge in [-0.1, -0.05) is 146 Å².